The smallest absolute Gasteiger partial charge is 0.344 e. The summed E-state index contributed by atoms with van der Waals surface area (Å²) in [6, 6.07) is 14.4. The standard InChI is InChI=1S/C15H14BrNO3/c16-12-3-1-11(2-4-12)9-20-15(18)10-19-14-7-5-13(17)6-8-14/h1-8H,9-10,17H2. The molecular formula is C15H14BrNO3. The summed E-state index contributed by atoms with van der Waals surface area (Å²) in [5.41, 5.74) is 7.13. The van der Waals surface area contributed by atoms with Crippen molar-refractivity contribution < 1.29 is 14.3 Å². The van der Waals surface area contributed by atoms with E-state index in [9.17, 15) is 4.79 Å². The van der Waals surface area contributed by atoms with Crippen LogP contribution in [0.2, 0.25) is 0 Å². The van der Waals surface area contributed by atoms with Gasteiger partial charge in [-0.05, 0) is 42.0 Å². The molecule has 0 amide bonds. The maximum Gasteiger partial charge on any atom is 0.344 e. The third-order valence-corrected chi connectivity index (χ3v) is 3.08. The fraction of sp³-hybridized carbons (Fsp3) is 0.133. The van der Waals surface area contributed by atoms with Crippen LogP contribution in [0.1, 0.15) is 5.56 Å². The molecule has 0 unspecified atom stereocenters. The summed E-state index contributed by atoms with van der Waals surface area (Å²) in [6.45, 7) is 0.109. The van der Waals surface area contributed by atoms with E-state index in [1.807, 2.05) is 24.3 Å². The molecular weight excluding hydrogens is 322 g/mol. The third-order valence-electron chi connectivity index (χ3n) is 2.55. The van der Waals surface area contributed by atoms with Gasteiger partial charge in [0.2, 0.25) is 0 Å². The number of halogens is 1. The first-order valence-electron chi connectivity index (χ1n) is 6.02. The molecule has 0 aliphatic heterocycles. The molecule has 0 spiro atoms. The molecule has 0 radical (unpaired) electrons. The molecule has 2 rings (SSSR count). The number of esters is 1. The molecule has 104 valence electrons. The van der Waals surface area contributed by atoms with Crippen LogP contribution in [-0.4, -0.2) is 12.6 Å². The minimum Gasteiger partial charge on any atom is -0.482 e. The van der Waals surface area contributed by atoms with E-state index >= 15 is 0 Å². The van der Waals surface area contributed by atoms with Gasteiger partial charge in [0.15, 0.2) is 6.61 Å². The van der Waals surface area contributed by atoms with E-state index in [-0.39, 0.29) is 13.2 Å². The molecule has 0 saturated carbocycles. The van der Waals surface area contributed by atoms with Crippen LogP contribution in [0.15, 0.2) is 53.0 Å². The summed E-state index contributed by atoms with van der Waals surface area (Å²) in [5, 5.41) is 0. The molecule has 2 aromatic carbocycles. The van der Waals surface area contributed by atoms with Gasteiger partial charge in [-0.2, -0.15) is 0 Å². The van der Waals surface area contributed by atoms with Gasteiger partial charge in [0.1, 0.15) is 12.4 Å². The summed E-state index contributed by atoms with van der Waals surface area (Å²) in [4.78, 5) is 11.5. The van der Waals surface area contributed by atoms with E-state index in [0.29, 0.717) is 11.4 Å². The minimum atomic E-state index is -0.412. The quantitative estimate of drug-likeness (QED) is 0.673. The van der Waals surface area contributed by atoms with Crippen LogP contribution in [0.5, 0.6) is 5.75 Å². The SMILES string of the molecule is Nc1ccc(OCC(=O)OCc2ccc(Br)cc2)cc1. The summed E-state index contributed by atoms with van der Waals surface area (Å²) in [5.74, 6) is 0.171. The normalized spacial score (nSPS) is 10.1. The Labute approximate surface area is 125 Å². The molecule has 4 nitrogen and oxygen atoms in total. The zero-order chi connectivity index (χ0) is 14.4. The van der Waals surface area contributed by atoms with E-state index in [1.165, 1.54) is 0 Å². The molecule has 0 heterocycles. The highest BCUT2D eigenvalue weighted by molar-refractivity contribution is 9.10. The Kier molecular flexibility index (Phi) is 5.01. The van der Waals surface area contributed by atoms with Gasteiger partial charge in [-0.1, -0.05) is 28.1 Å². The van der Waals surface area contributed by atoms with Gasteiger partial charge in [-0.15, -0.1) is 0 Å². The second kappa shape index (κ2) is 6.96. The number of nitrogen functional groups attached to an aromatic ring is 1. The summed E-state index contributed by atoms with van der Waals surface area (Å²) < 4.78 is 11.4. The maximum absolute atomic E-state index is 11.5. The first kappa shape index (κ1) is 14.4. The Balaban J connectivity index is 1.75. The van der Waals surface area contributed by atoms with Crippen molar-refractivity contribution in [3.63, 3.8) is 0 Å². The minimum absolute atomic E-state index is 0.125. The number of hydrogen-bond donors (Lipinski definition) is 1. The van der Waals surface area contributed by atoms with E-state index in [1.54, 1.807) is 24.3 Å². The van der Waals surface area contributed by atoms with Crippen LogP contribution in [0.25, 0.3) is 0 Å². The van der Waals surface area contributed by atoms with Crippen molar-refractivity contribution in [3.05, 3.63) is 58.6 Å². The fourth-order valence-electron chi connectivity index (χ4n) is 1.49. The van der Waals surface area contributed by atoms with Gasteiger partial charge in [0, 0.05) is 10.2 Å². The van der Waals surface area contributed by atoms with Gasteiger partial charge in [-0.3, -0.25) is 0 Å². The average molecular weight is 336 g/mol. The largest absolute Gasteiger partial charge is 0.482 e. The topological polar surface area (TPSA) is 61.5 Å². The molecule has 2 aromatic rings. The highest BCUT2D eigenvalue weighted by Gasteiger charge is 2.05. The van der Waals surface area contributed by atoms with E-state index < -0.39 is 5.97 Å². The van der Waals surface area contributed by atoms with Crippen molar-refractivity contribution in [2.75, 3.05) is 12.3 Å². The number of carbonyl (C=O) groups is 1. The Hall–Kier alpha value is -2.01. The van der Waals surface area contributed by atoms with Crippen molar-refractivity contribution in [1.29, 1.82) is 0 Å². The maximum atomic E-state index is 11.5. The molecule has 0 saturated heterocycles. The Morgan fingerprint density at radius 3 is 2.35 bits per heavy atom. The highest BCUT2D eigenvalue weighted by atomic mass is 79.9. The highest BCUT2D eigenvalue weighted by Crippen LogP contribution is 2.13. The molecule has 20 heavy (non-hydrogen) atoms. The van der Waals surface area contributed by atoms with Crippen molar-refractivity contribution in [2.45, 2.75) is 6.61 Å². The number of nitrogens with two attached hydrogens (primary N) is 1. The second-order valence-corrected chi connectivity index (χ2v) is 5.06. The molecule has 0 atom stereocenters. The van der Waals surface area contributed by atoms with Crippen LogP contribution < -0.4 is 10.5 Å². The molecule has 0 fully saturated rings. The molecule has 0 aliphatic rings. The number of rotatable bonds is 5. The number of anilines is 1. The third kappa shape index (κ3) is 4.59. The van der Waals surface area contributed by atoms with Crippen LogP contribution in [0.4, 0.5) is 5.69 Å². The molecule has 5 heteroatoms. The van der Waals surface area contributed by atoms with Crippen LogP contribution >= 0.6 is 15.9 Å². The first-order valence-corrected chi connectivity index (χ1v) is 6.81. The zero-order valence-electron chi connectivity index (χ0n) is 10.7. The summed E-state index contributed by atoms with van der Waals surface area (Å²) in [6.07, 6.45) is 0. The first-order chi connectivity index (χ1) is 9.63. The number of hydrogen-bond acceptors (Lipinski definition) is 4. The van der Waals surface area contributed by atoms with Gasteiger partial charge in [0.25, 0.3) is 0 Å². The summed E-state index contributed by atoms with van der Waals surface area (Å²) in [7, 11) is 0. The van der Waals surface area contributed by atoms with Crippen LogP contribution in [0, 0.1) is 0 Å². The molecule has 0 aliphatic carbocycles. The fourth-order valence-corrected chi connectivity index (χ4v) is 1.76. The number of carbonyl (C=O) groups excluding carboxylic acids is 1. The zero-order valence-corrected chi connectivity index (χ0v) is 12.3. The van der Waals surface area contributed by atoms with E-state index in [0.717, 1.165) is 10.0 Å². The lowest BCUT2D eigenvalue weighted by Crippen LogP contribution is -2.14. The Bertz CT molecular complexity index is 515. The van der Waals surface area contributed by atoms with E-state index in [2.05, 4.69) is 15.9 Å². The Morgan fingerprint density at radius 2 is 1.70 bits per heavy atom. The van der Waals surface area contributed by atoms with Crippen LogP contribution in [0.3, 0.4) is 0 Å². The lowest BCUT2D eigenvalue weighted by molar-refractivity contribution is -0.147. The van der Waals surface area contributed by atoms with Crippen molar-refractivity contribution in [3.8, 4) is 5.75 Å². The van der Waals surface area contributed by atoms with Crippen LogP contribution in [-0.2, 0) is 16.1 Å². The molecule has 0 bridgehead atoms. The number of benzene rings is 2. The van der Waals surface area contributed by atoms with Gasteiger partial charge < -0.3 is 15.2 Å². The second-order valence-electron chi connectivity index (χ2n) is 4.14. The summed E-state index contributed by atoms with van der Waals surface area (Å²) >= 11 is 3.34. The predicted molar refractivity (Wildman–Crippen MR) is 80.3 cm³/mol. The Morgan fingerprint density at radius 1 is 1.05 bits per heavy atom. The lowest BCUT2D eigenvalue weighted by atomic mass is 10.2. The lowest BCUT2D eigenvalue weighted by Gasteiger charge is -2.07. The van der Waals surface area contributed by atoms with Crippen molar-refractivity contribution >= 4 is 27.6 Å². The predicted octanol–water partition coefficient (Wildman–Crippen LogP) is 3.15. The molecule has 2 N–H and O–H groups in total. The average Bonchev–Trinajstić information content (AvgIpc) is 2.46. The number of ether oxygens (including phenoxy) is 2. The van der Waals surface area contributed by atoms with Crippen molar-refractivity contribution in [2.24, 2.45) is 0 Å². The van der Waals surface area contributed by atoms with E-state index in [4.69, 9.17) is 15.2 Å². The van der Waals surface area contributed by atoms with Crippen molar-refractivity contribution in [1.82, 2.24) is 0 Å². The van der Waals surface area contributed by atoms with Gasteiger partial charge in [0.05, 0.1) is 0 Å². The molecule has 0 aromatic heterocycles. The van der Waals surface area contributed by atoms with Gasteiger partial charge in [-0.25, -0.2) is 4.79 Å². The van der Waals surface area contributed by atoms with Gasteiger partial charge >= 0.3 is 5.97 Å². The monoisotopic (exact) mass is 335 g/mol.